The van der Waals surface area contributed by atoms with E-state index in [1.165, 1.54) is 23.1 Å². The molecule has 3 N–H and O–H groups in total. The Labute approximate surface area is 162 Å². The normalized spacial score (nSPS) is 18.6. The second kappa shape index (κ2) is 8.71. The summed E-state index contributed by atoms with van der Waals surface area (Å²) in [5.74, 6) is -0.321. The van der Waals surface area contributed by atoms with Crippen molar-refractivity contribution in [1.82, 2.24) is 4.90 Å². The van der Waals surface area contributed by atoms with Gasteiger partial charge in [0.25, 0.3) is 0 Å². The van der Waals surface area contributed by atoms with Gasteiger partial charge in [0.1, 0.15) is 17.6 Å². The molecular formula is C20H22FN3O4. The molecule has 1 saturated heterocycles. The number of halogens is 1. The summed E-state index contributed by atoms with van der Waals surface area (Å²) >= 11 is 0. The molecule has 1 aliphatic rings. The third kappa shape index (κ3) is 4.58. The predicted octanol–water partition coefficient (Wildman–Crippen LogP) is 2.83. The maximum absolute atomic E-state index is 13.8. The molecule has 2 aromatic rings. The SMILES string of the molecule is CCOc1ccc(NC(=O)[C@@H]2C[C@@H](O)CN2C(=O)Nc2ccccc2F)cc1. The molecule has 3 amide bonds. The highest BCUT2D eigenvalue weighted by Gasteiger charge is 2.39. The molecule has 148 valence electrons. The van der Waals surface area contributed by atoms with Crippen molar-refractivity contribution in [2.45, 2.75) is 25.5 Å². The van der Waals surface area contributed by atoms with Crippen LogP contribution in [0.25, 0.3) is 0 Å². The molecule has 2 atom stereocenters. The van der Waals surface area contributed by atoms with Crippen molar-refractivity contribution in [2.24, 2.45) is 0 Å². The lowest BCUT2D eigenvalue weighted by Crippen LogP contribution is -2.45. The van der Waals surface area contributed by atoms with E-state index in [4.69, 9.17) is 4.74 Å². The van der Waals surface area contributed by atoms with Crippen molar-refractivity contribution < 1.29 is 23.8 Å². The number of nitrogens with one attached hydrogen (secondary N) is 2. The summed E-state index contributed by atoms with van der Waals surface area (Å²) in [7, 11) is 0. The highest BCUT2D eigenvalue weighted by molar-refractivity contribution is 5.99. The van der Waals surface area contributed by atoms with Gasteiger partial charge in [0.05, 0.1) is 18.4 Å². The molecule has 0 radical (unpaired) electrons. The number of carbonyl (C=O) groups is 2. The standard InChI is InChI=1S/C20H22FN3O4/c1-2-28-15-9-7-13(8-10-15)22-19(26)18-11-14(25)12-24(18)20(27)23-17-6-4-3-5-16(17)21/h3-10,14,18,25H,2,11-12H2,1H3,(H,22,26)(H,23,27)/t14-,18+/m1/s1. The Bertz CT molecular complexity index is 844. The Morgan fingerprint density at radius 2 is 1.89 bits per heavy atom. The number of nitrogens with zero attached hydrogens (tertiary/aromatic N) is 1. The second-order valence-corrected chi connectivity index (χ2v) is 6.41. The van der Waals surface area contributed by atoms with Crippen molar-refractivity contribution in [3.63, 3.8) is 0 Å². The fraction of sp³-hybridized carbons (Fsp3) is 0.300. The zero-order valence-electron chi connectivity index (χ0n) is 15.4. The number of benzene rings is 2. The number of ether oxygens (including phenoxy) is 1. The molecule has 0 bridgehead atoms. The van der Waals surface area contributed by atoms with E-state index in [1.807, 2.05) is 6.92 Å². The average Bonchev–Trinajstić information content (AvgIpc) is 3.07. The fourth-order valence-corrected chi connectivity index (χ4v) is 3.06. The van der Waals surface area contributed by atoms with Gasteiger partial charge in [0.2, 0.25) is 5.91 Å². The van der Waals surface area contributed by atoms with Gasteiger partial charge in [0, 0.05) is 18.7 Å². The Morgan fingerprint density at radius 3 is 2.57 bits per heavy atom. The van der Waals surface area contributed by atoms with E-state index in [1.54, 1.807) is 30.3 Å². The van der Waals surface area contributed by atoms with Crippen molar-refractivity contribution in [2.75, 3.05) is 23.8 Å². The Morgan fingerprint density at radius 1 is 1.18 bits per heavy atom. The highest BCUT2D eigenvalue weighted by Crippen LogP contribution is 2.23. The summed E-state index contributed by atoms with van der Waals surface area (Å²) in [6.45, 7) is 2.40. The molecule has 0 spiro atoms. The van der Waals surface area contributed by atoms with Crippen LogP contribution in [0.15, 0.2) is 48.5 Å². The number of aliphatic hydroxyl groups excluding tert-OH is 1. The first-order chi connectivity index (χ1) is 13.5. The van der Waals surface area contributed by atoms with Crippen LogP contribution in [0.4, 0.5) is 20.6 Å². The number of amides is 3. The summed E-state index contributed by atoms with van der Waals surface area (Å²) < 4.78 is 19.1. The van der Waals surface area contributed by atoms with Gasteiger partial charge in [-0.15, -0.1) is 0 Å². The lowest BCUT2D eigenvalue weighted by atomic mass is 10.2. The van der Waals surface area contributed by atoms with E-state index >= 15 is 0 Å². The molecule has 0 unspecified atom stereocenters. The van der Waals surface area contributed by atoms with Crippen molar-refractivity contribution in [1.29, 1.82) is 0 Å². The first-order valence-electron chi connectivity index (χ1n) is 9.02. The Balaban J connectivity index is 1.67. The van der Waals surface area contributed by atoms with Crippen LogP contribution in [0.3, 0.4) is 0 Å². The zero-order chi connectivity index (χ0) is 20.1. The topological polar surface area (TPSA) is 90.9 Å². The summed E-state index contributed by atoms with van der Waals surface area (Å²) in [4.78, 5) is 26.4. The second-order valence-electron chi connectivity index (χ2n) is 6.41. The predicted molar refractivity (Wildman–Crippen MR) is 103 cm³/mol. The average molecular weight is 387 g/mol. The Kier molecular flexibility index (Phi) is 6.10. The number of anilines is 2. The first kappa shape index (κ1) is 19.6. The molecule has 28 heavy (non-hydrogen) atoms. The molecule has 7 nitrogen and oxygen atoms in total. The molecule has 0 aliphatic carbocycles. The van der Waals surface area contributed by atoms with Gasteiger partial charge in [0.15, 0.2) is 0 Å². The van der Waals surface area contributed by atoms with E-state index in [-0.39, 0.29) is 18.7 Å². The molecule has 2 aromatic carbocycles. The fourth-order valence-electron chi connectivity index (χ4n) is 3.06. The lowest BCUT2D eigenvalue weighted by Gasteiger charge is -2.24. The smallest absolute Gasteiger partial charge is 0.322 e. The molecule has 0 aromatic heterocycles. The van der Waals surface area contributed by atoms with Gasteiger partial charge >= 0.3 is 6.03 Å². The number of hydrogen-bond acceptors (Lipinski definition) is 4. The number of para-hydroxylation sites is 1. The van der Waals surface area contributed by atoms with Gasteiger partial charge in [-0.2, -0.15) is 0 Å². The maximum atomic E-state index is 13.8. The van der Waals surface area contributed by atoms with E-state index < -0.39 is 29.9 Å². The third-order valence-corrected chi connectivity index (χ3v) is 4.39. The van der Waals surface area contributed by atoms with E-state index in [0.717, 1.165) is 0 Å². The summed E-state index contributed by atoms with van der Waals surface area (Å²) in [6.07, 6.45) is -0.726. The zero-order valence-corrected chi connectivity index (χ0v) is 15.4. The number of likely N-dealkylation sites (tertiary alicyclic amines) is 1. The molecule has 0 saturated carbocycles. The van der Waals surface area contributed by atoms with Crippen LogP contribution in [0.2, 0.25) is 0 Å². The van der Waals surface area contributed by atoms with Gasteiger partial charge < -0.3 is 25.4 Å². The lowest BCUT2D eigenvalue weighted by molar-refractivity contribution is -0.119. The number of rotatable bonds is 5. The van der Waals surface area contributed by atoms with E-state index in [9.17, 15) is 19.1 Å². The minimum absolute atomic E-state index is 0.0123. The van der Waals surface area contributed by atoms with Crippen LogP contribution in [-0.2, 0) is 4.79 Å². The summed E-state index contributed by atoms with van der Waals surface area (Å²) in [5, 5.41) is 15.1. The molecule has 1 fully saturated rings. The van der Waals surface area contributed by atoms with E-state index in [2.05, 4.69) is 10.6 Å². The quantitative estimate of drug-likeness (QED) is 0.736. The van der Waals surface area contributed by atoms with Gasteiger partial charge in [-0.05, 0) is 43.3 Å². The number of β-amino-alcohol motifs (C(OH)–C–C–N with tert-alkyl or cyclic N) is 1. The molecule has 1 aliphatic heterocycles. The number of aliphatic hydroxyl groups is 1. The number of hydrogen-bond donors (Lipinski definition) is 3. The van der Waals surface area contributed by atoms with Crippen molar-refractivity contribution in [3.05, 3.63) is 54.3 Å². The van der Waals surface area contributed by atoms with Gasteiger partial charge in [-0.3, -0.25) is 4.79 Å². The molecule has 3 rings (SSSR count). The van der Waals surface area contributed by atoms with Crippen LogP contribution in [-0.4, -0.2) is 47.2 Å². The van der Waals surface area contributed by atoms with Crippen LogP contribution in [0, 0.1) is 5.82 Å². The molecule has 1 heterocycles. The largest absolute Gasteiger partial charge is 0.494 e. The van der Waals surface area contributed by atoms with Crippen LogP contribution >= 0.6 is 0 Å². The third-order valence-electron chi connectivity index (χ3n) is 4.39. The summed E-state index contributed by atoms with van der Waals surface area (Å²) in [6, 6.07) is 11.1. The minimum atomic E-state index is -0.867. The van der Waals surface area contributed by atoms with E-state index in [0.29, 0.717) is 18.0 Å². The monoisotopic (exact) mass is 387 g/mol. The number of carbonyl (C=O) groups excluding carboxylic acids is 2. The minimum Gasteiger partial charge on any atom is -0.494 e. The molecular weight excluding hydrogens is 365 g/mol. The van der Waals surface area contributed by atoms with Crippen molar-refractivity contribution >= 4 is 23.3 Å². The molecule has 8 heteroatoms. The van der Waals surface area contributed by atoms with Crippen LogP contribution in [0.5, 0.6) is 5.75 Å². The van der Waals surface area contributed by atoms with Crippen molar-refractivity contribution in [3.8, 4) is 5.75 Å². The van der Waals surface area contributed by atoms with Gasteiger partial charge in [-0.1, -0.05) is 12.1 Å². The highest BCUT2D eigenvalue weighted by atomic mass is 19.1. The van der Waals surface area contributed by atoms with Crippen LogP contribution in [0.1, 0.15) is 13.3 Å². The van der Waals surface area contributed by atoms with Crippen LogP contribution < -0.4 is 15.4 Å². The maximum Gasteiger partial charge on any atom is 0.322 e. The first-order valence-corrected chi connectivity index (χ1v) is 9.02. The summed E-state index contributed by atoms with van der Waals surface area (Å²) in [5.41, 5.74) is 0.559. The van der Waals surface area contributed by atoms with Gasteiger partial charge in [-0.25, -0.2) is 9.18 Å². The Hall–Kier alpha value is -3.13. The number of urea groups is 1.